The lowest BCUT2D eigenvalue weighted by Crippen LogP contribution is -2.37. The van der Waals surface area contributed by atoms with E-state index in [4.69, 9.17) is 4.18 Å². The van der Waals surface area contributed by atoms with E-state index in [1.54, 1.807) is 14.1 Å². The van der Waals surface area contributed by atoms with Crippen molar-refractivity contribution in [3.63, 3.8) is 0 Å². The van der Waals surface area contributed by atoms with Gasteiger partial charge in [0.05, 0.1) is 6.26 Å². The SMILES string of the molecule is CC(C)C[C@H](OS(C)(=O)=O)C(=O)N(C)C. The quantitative estimate of drug-likeness (QED) is 0.652. The number of rotatable bonds is 5. The molecule has 0 radical (unpaired) electrons. The Hall–Kier alpha value is -0.620. The van der Waals surface area contributed by atoms with E-state index in [1.165, 1.54) is 4.90 Å². The summed E-state index contributed by atoms with van der Waals surface area (Å²) in [7, 11) is -0.454. The van der Waals surface area contributed by atoms with Gasteiger partial charge in [-0.2, -0.15) is 8.42 Å². The third-order valence-electron chi connectivity index (χ3n) is 1.69. The van der Waals surface area contributed by atoms with Crippen LogP contribution in [0.4, 0.5) is 0 Å². The van der Waals surface area contributed by atoms with Crippen LogP contribution in [-0.4, -0.2) is 45.7 Å². The normalized spacial score (nSPS) is 14.0. The van der Waals surface area contributed by atoms with Gasteiger partial charge < -0.3 is 4.90 Å². The molecule has 0 unspecified atom stereocenters. The zero-order valence-electron chi connectivity index (χ0n) is 9.85. The summed E-state index contributed by atoms with van der Waals surface area (Å²) < 4.78 is 26.7. The zero-order chi connectivity index (χ0) is 12.2. The number of hydrogen-bond donors (Lipinski definition) is 0. The summed E-state index contributed by atoms with van der Waals surface area (Å²) in [4.78, 5) is 12.9. The maximum atomic E-state index is 11.6. The summed E-state index contributed by atoms with van der Waals surface area (Å²) in [6.07, 6.45) is 0.433. The second-order valence-electron chi connectivity index (χ2n) is 4.15. The minimum atomic E-state index is -3.59. The molecule has 0 aromatic rings. The van der Waals surface area contributed by atoms with Gasteiger partial charge in [0.25, 0.3) is 16.0 Å². The Balaban J connectivity index is 4.66. The van der Waals surface area contributed by atoms with Gasteiger partial charge in [-0.1, -0.05) is 13.8 Å². The highest BCUT2D eigenvalue weighted by atomic mass is 32.2. The summed E-state index contributed by atoms with van der Waals surface area (Å²) >= 11 is 0. The summed E-state index contributed by atoms with van der Waals surface area (Å²) in [5.74, 6) is -0.130. The van der Waals surface area contributed by atoms with Gasteiger partial charge in [-0.25, -0.2) is 0 Å². The molecule has 0 aromatic heterocycles. The van der Waals surface area contributed by atoms with Gasteiger partial charge in [0.2, 0.25) is 0 Å². The van der Waals surface area contributed by atoms with Crippen molar-refractivity contribution < 1.29 is 17.4 Å². The molecule has 90 valence electrons. The highest BCUT2D eigenvalue weighted by Gasteiger charge is 2.25. The fourth-order valence-electron chi connectivity index (χ4n) is 1.11. The van der Waals surface area contributed by atoms with Crippen molar-refractivity contribution in [2.24, 2.45) is 5.92 Å². The van der Waals surface area contributed by atoms with Crippen LogP contribution < -0.4 is 0 Å². The van der Waals surface area contributed by atoms with E-state index in [0.717, 1.165) is 6.26 Å². The Morgan fingerprint density at radius 2 is 1.80 bits per heavy atom. The van der Waals surface area contributed by atoms with Crippen molar-refractivity contribution >= 4 is 16.0 Å². The fraction of sp³-hybridized carbons (Fsp3) is 0.889. The minimum absolute atomic E-state index is 0.195. The molecule has 0 aliphatic rings. The van der Waals surface area contributed by atoms with Crippen molar-refractivity contribution in [2.45, 2.75) is 26.4 Å². The summed E-state index contributed by atoms with van der Waals surface area (Å²) in [6.45, 7) is 3.81. The number of carbonyl (C=O) groups excluding carboxylic acids is 1. The third kappa shape index (κ3) is 6.46. The molecular formula is C9H19NO4S. The molecule has 0 saturated heterocycles. The third-order valence-corrected chi connectivity index (χ3v) is 2.27. The van der Waals surface area contributed by atoms with Crippen LogP contribution in [0.25, 0.3) is 0 Å². The Kier molecular flexibility index (Phi) is 5.23. The second-order valence-corrected chi connectivity index (χ2v) is 5.75. The van der Waals surface area contributed by atoms with E-state index < -0.39 is 16.2 Å². The molecule has 0 bridgehead atoms. The molecule has 6 heteroatoms. The first kappa shape index (κ1) is 14.4. The molecule has 1 amide bonds. The van der Waals surface area contributed by atoms with Gasteiger partial charge in [-0.15, -0.1) is 0 Å². The van der Waals surface area contributed by atoms with Crippen LogP contribution in [0.1, 0.15) is 20.3 Å². The molecule has 0 saturated carbocycles. The van der Waals surface area contributed by atoms with Crippen LogP contribution in [0, 0.1) is 5.92 Å². The lowest BCUT2D eigenvalue weighted by molar-refractivity contribution is -0.136. The van der Waals surface area contributed by atoms with Crippen LogP contribution >= 0.6 is 0 Å². The van der Waals surface area contributed by atoms with E-state index in [0.29, 0.717) is 6.42 Å². The fourth-order valence-corrected chi connectivity index (χ4v) is 1.69. The molecule has 0 aromatic carbocycles. The molecule has 0 aliphatic carbocycles. The van der Waals surface area contributed by atoms with E-state index in [9.17, 15) is 13.2 Å². The number of hydrogen-bond acceptors (Lipinski definition) is 4. The molecule has 0 N–H and O–H groups in total. The van der Waals surface area contributed by atoms with Gasteiger partial charge in [0, 0.05) is 14.1 Å². The summed E-state index contributed by atoms with van der Waals surface area (Å²) in [5, 5.41) is 0. The first-order valence-electron chi connectivity index (χ1n) is 4.73. The molecule has 15 heavy (non-hydrogen) atoms. The van der Waals surface area contributed by atoms with Gasteiger partial charge in [-0.3, -0.25) is 8.98 Å². The summed E-state index contributed by atoms with van der Waals surface area (Å²) in [5.41, 5.74) is 0. The topological polar surface area (TPSA) is 63.7 Å². The maximum Gasteiger partial charge on any atom is 0.265 e. The molecule has 0 spiro atoms. The Labute approximate surface area is 91.5 Å². The molecule has 0 heterocycles. The van der Waals surface area contributed by atoms with E-state index >= 15 is 0 Å². The number of nitrogens with zero attached hydrogens (tertiary/aromatic N) is 1. The molecule has 0 rings (SSSR count). The number of carbonyl (C=O) groups is 1. The average Bonchev–Trinajstić information content (AvgIpc) is 1.97. The van der Waals surface area contributed by atoms with Gasteiger partial charge in [0.1, 0.15) is 0 Å². The number of amides is 1. The van der Waals surface area contributed by atoms with Crippen molar-refractivity contribution in [2.75, 3.05) is 20.4 Å². The predicted octanol–water partition coefficient (Wildman–Crippen LogP) is 0.466. The van der Waals surface area contributed by atoms with Crippen LogP contribution in [0.3, 0.4) is 0 Å². The highest BCUT2D eigenvalue weighted by Crippen LogP contribution is 2.12. The van der Waals surface area contributed by atoms with Crippen LogP contribution in [0.2, 0.25) is 0 Å². The van der Waals surface area contributed by atoms with Crippen molar-refractivity contribution in [3.8, 4) is 0 Å². The van der Waals surface area contributed by atoms with Crippen LogP contribution in [-0.2, 0) is 19.1 Å². The minimum Gasteiger partial charge on any atom is -0.347 e. The average molecular weight is 237 g/mol. The molecular weight excluding hydrogens is 218 g/mol. The largest absolute Gasteiger partial charge is 0.347 e. The van der Waals surface area contributed by atoms with Crippen molar-refractivity contribution in [1.29, 1.82) is 0 Å². The maximum absolute atomic E-state index is 11.6. The molecule has 1 atom stereocenters. The smallest absolute Gasteiger partial charge is 0.265 e. The van der Waals surface area contributed by atoms with E-state index in [2.05, 4.69) is 0 Å². The van der Waals surface area contributed by atoms with Gasteiger partial charge in [0.15, 0.2) is 6.10 Å². The van der Waals surface area contributed by atoms with Crippen LogP contribution in [0.5, 0.6) is 0 Å². The van der Waals surface area contributed by atoms with E-state index in [-0.39, 0.29) is 11.8 Å². The lowest BCUT2D eigenvalue weighted by Gasteiger charge is -2.20. The Morgan fingerprint density at radius 3 is 2.07 bits per heavy atom. The lowest BCUT2D eigenvalue weighted by atomic mass is 10.1. The molecule has 5 nitrogen and oxygen atoms in total. The van der Waals surface area contributed by atoms with Crippen molar-refractivity contribution in [3.05, 3.63) is 0 Å². The molecule has 0 aliphatic heterocycles. The second kappa shape index (κ2) is 5.46. The van der Waals surface area contributed by atoms with Crippen LogP contribution in [0.15, 0.2) is 0 Å². The van der Waals surface area contributed by atoms with E-state index in [1.807, 2.05) is 13.8 Å². The Morgan fingerprint density at radius 1 is 1.33 bits per heavy atom. The first-order valence-corrected chi connectivity index (χ1v) is 6.54. The standard InChI is InChI=1S/C9H19NO4S/c1-7(2)6-8(9(11)10(3)4)14-15(5,12)13/h7-8H,6H2,1-5H3/t8-/m0/s1. The monoisotopic (exact) mass is 237 g/mol. The van der Waals surface area contributed by atoms with Gasteiger partial charge in [-0.05, 0) is 12.3 Å². The Bertz CT molecular complexity index is 308. The van der Waals surface area contributed by atoms with Gasteiger partial charge >= 0.3 is 0 Å². The van der Waals surface area contributed by atoms with Crippen molar-refractivity contribution in [1.82, 2.24) is 4.90 Å². The zero-order valence-corrected chi connectivity index (χ0v) is 10.7. The number of likely N-dealkylation sites (N-methyl/N-ethyl adjacent to an activating group) is 1. The predicted molar refractivity (Wildman–Crippen MR) is 57.9 cm³/mol. The highest BCUT2D eigenvalue weighted by molar-refractivity contribution is 7.86. The molecule has 0 fully saturated rings. The first-order chi connectivity index (χ1) is 6.63. The summed E-state index contributed by atoms with van der Waals surface area (Å²) in [6, 6.07) is 0.